The first-order valence-corrected chi connectivity index (χ1v) is 10.2. The predicted octanol–water partition coefficient (Wildman–Crippen LogP) is 5.92. The first-order chi connectivity index (χ1) is 15.2. The van der Waals surface area contributed by atoms with Crippen LogP contribution in [0.5, 0.6) is 0 Å². The van der Waals surface area contributed by atoms with E-state index in [0.29, 0.717) is 24.3 Å². The van der Waals surface area contributed by atoms with Crippen molar-refractivity contribution in [3.05, 3.63) is 108 Å². The second-order valence-corrected chi connectivity index (χ2v) is 7.24. The van der Waals surface area contributed by atoms with Gasteiger partial charge in [-0.2, -0.15) is 5.26 Å². The molecule has 0 saturated carbocycles. The number of ether oxygens (including phenoxy) is 1. The summed E-state index contributed by atoms with van der Waals surface area (Å²) in [4.78, 5) is 12.7. The molecule has 0 amide bonds. The van der Waals surface area contributed by atoms with Gasteiger partial charge in [0.05, 0.1) is 23.8 Å². The van der Waals surface area contributed by atoms with Gasteiger partial charge in [0, 0.05) is 24.5 Å². The molecule has 0 atom stereocenters. The van der Waals surface area contributed by atoms with Crippen molar-refractivity contribution in [1.29, 1.82) is 5.26 Å². The normalized spacial score (nSPS) is 10.5. The van der Waals surface area contributed by atoms with Gasteiger partial charge in [-0.3, -0.25) is 0 Å². The van der Waals surface area contributed by atoms with Crippen LogP contribution in [0.25, 0.3) is 22.3 Å². The molecule has 152 valence electrons. The predicted molar refractivity (Wildman–Crippen MR) is 122 cm³/mol. The van der Waals surface area contributed by atoms with Gasteiger partial charge in [-0.1, -0.05) is 60.7 Å². The van der Waals surface area contributed by atoms with Gasteiger partial charge in [-0.25, -0.2) is 4.79 Å². The summed E-state index contributed by atoms with van der Waals surface area (Å²) in [6, 6.07) is 28.0. The highest BCUT2D eigenvalue weighted by molar-refractivity contribution is 5.97. The maximum atomic E-state index is 12.7. The molecule has 4 rings (SSSR count). The molecule has 0 fully saturated rings. The first-order valence-electron chi connectivity index (χ1n) is 10.2. The molecule has 4 nitrogen and oxygen atoms in total. The highest BCUT2D eigenvalue weighted by atomic mass is 16.5. The van der Waals surface area contributed by atoms with Crippen molar-refractivity contribution < 1.29 is 9.53 Å². The van der Waals surface area contributed by atoms with E-state index in [9.17, 15) is 4.79 Å². The Bertz CT molecular complexity index is 1250. The van der Waals surface area contributed by atoms with Crippen molar-refractivity contribution in [3.8, 4) is 28.3 Å². The van der Waals surface area contributed by atoms with Crippen molar-refractivity contribution in [2.24, 2.45) is 0 Å². The van der Waals surface area contributed by atoms with Crippen LogP contribution in [0.15, 0.2) is 91.3 Å². The molecule has 0 aliphatic carbocycles. The molecule has 31 heavy (non-hydrogen) atoms. The zero-order valence-corrected chi connectivity index (χ0v) is 17.3. The van der Waals surface area contributed by atoms with Gasteiger partial charge in [-0.15, -0.1) is 0 Å². The summed E-state index contributed by atoms with van der Waals surface area (Å²) in [5, 5.41) is 9.16. The molecule has 0 spiro atoms. The van der Waals surface area contributed by atoms with Crippen molar-refractivity contribution in [3.63, 3.8) is 0 Å². The second-order valence-electron chi connectivity index (χ2n) is 7.24. The summed E-state index contributed by atoms with van der Waals surface area (Å²) in [5.41, 5.74) is 6.13. The smallest absolute Gasteiger partial charge is 0.340 e. The van der Waals surface area contributed by atoms with E-state index in [0.717, 1.165) is 27.8 Å². The molecule has 0 aliphatic rings. The summed E-state index contributed by atoms with van der Waals surface area (Å²) >= 11 is 0. The Morgan fingerprint density at radius 3 is 2.42 bits per heavy atom. The van der Waals surface area contributed by atoms with Crippen molar-refractivity contribution in [1.82, 2.24) is 4.57 Å². The summed E-state index contributed by atoms with van der Waals surface area (Å²) in [5.74, 6) is -0.341. The average Bonchev–Trinajstić information content (AvgIpc) is 3.24. The van der Waals surface area contributed by atoms with Crippen LogP contribution in [0, 0.1) is 11.3 Å². The molecule has 3 aromatic carbocycles. The minimum absolute atomic E-state index is 0.317. The maximum absolute atomic E-state index is 12.7. The van der Waals surface area contributed by atoms with Crippen LogP contribution in [0.3, 0.4) is 0 Å². The molecule has 4 heteroatoms. The molecule has 4 aromatic rings. The molecule has 1 heterocycles. The quantitative estimate of drug-likeness (QED) is 0.374. The standard InChI is InChI=1S/C27H22N2O2/c1-2-31-27(30)26-19-29(17-21-9-6-8-20(14-21)16-28)18-25(26)24-13-7-12-23(15-24)22-10-4-3-5-11-22/h3-15,18-19H,2,17H2,1H3. The van der Waals surface area contributed by atoms with Crippen LogP contribution in [0.1, 0.15) is 28.4 Å². The molecule has 0 bridgehead atoms. The molecular formula is C27H22N2O2. The largest absolute Gasteiger partial charge is 0.462 e. The monoisotopic (exact) mass is 406 g/mol. The fraction of sp³-hybridized carbons (Fsp3) is 0.111. The lowest BCUT2D eigenvalue weighted by molar-refractivity contribution is 0.0527. The maximum Gasteiger partial charge on any atom is 0.340 e. The summed E-state index contributed by atoms with van der Waals surface area (Å²) < 4.78 is 7.28. The third kappa shape index (κ3) is 4.57. The van der Waals surface area contributed by atoms with Gasteiger partial charge >= 0.3 is 5.97 Å². The van der Waals surface area contributed by atoms with E-state index < -0.39 is 0 Å². The van der Waals surface area contributed by atoms with Crippen LogP contribution < -0.4 is 0 Å². The van der Waals surface area contributed by atoms with Gasteiger partial charge in [-0.05, 0) is 47.4 Å². The fourth-order valence-corrected chi connectivity index (χ4v) is 3.65. The van der Waals surface area contributed by atoms with Crippen molar-refractivity contribution >= 4 is 5.97 Å². The lowest BCUT2D eigenvalue weighted by atomic mass is 9.98. The number of benzene rings is 3. The summed E-state index contributed by atoms with van der Waals surface area (Å²) in [7, 11) is 0. The Labute approximate surface area is 182 Å². The molecule has 0 unspecified atom stereocenters. The Morgan fingerprint density at radius 1 is 0.903 bits per heavy atom. The third-order valence-electron chi connectivity index (χ3n) is 5.08. The number of esters is 1. The van der Waals surface area contributed by atoms with Gasteiger partial charge in [0.2, 0.25) is 0 Å². The van der Waals surface area contributed by atoms with Crippen LogP contribution >= 0.6 is 0 Å². The van der Waals surface area contributed by atoms with Crippen molar-refractivity contribution in [2.75, 3.05) is 6.61 Å². The Morgan fingerprint density at radius 2 is 1.65 bits per heavy atom. The molecule has 0 aliphatic heterocycles. The number of nitriles is 1. The average molecular weight is 406 g/mol. The van der Waals surface area contributed by atoms with E-state index in [1.54, 1.807) is 13.0 Å². The number of hydrogen-bond donors (Lipinski definition) is 0. The van der Waals surface area contributed by atoms with Gasteiger partial charge in [0.15, 0.2) is 0 Å². The summed E-state index contributed by atoms with van der Waals surface area (Å²) in [6.07, 6.45) is 3.79. The van der Waals surface area contributed by atoms with Gasteiger partial charge in [0.25, 0.3) is 0 Å². The van der Waals surface area contributed by atoms with Crippen molar-refractivity contribution in [2.45, 2.75) is 13.5 Å². The zero-order chi connectivity index (χ0) is 21.6. The minimum Gasteiger partial charge on any atom is -0.462 e. The van der Waals surface area contributed by atoms with Gasteiger partial charge < -0.3 is 9.30 Å². The summed E-state index contributed by atoms with van der Waals surface area (Å²) in [6.45, 7) is 2.68. The van der Waals surface area contributed by atoms with E-state index in [1.165, 1.54) is 0 Å². The molecule has 0 N–H and O–H groups in total. The lowest BCUT2D eigenvalue weighted by Gasteiger charge is -2.07. The number of aromatic nitrogens is 1. The fourth-order valence-electron chi connectivity index (χ4n) is 3.65. The minimum atomic E-state index is -0.341. The van der Waals surface area contributed by atoms with Crippen LogP contribution in [-0.4, -0.2) is 17.1 Å². The van der Waals surface area contributed by atoms with E-state index in [4.69, 9.17) is 10.00 Å². The Hall–Kier alpha value is -4.10. The number of carbonyl (C=O) groups excluding carboxylic acids is 1. The van der Waals surface area contributed by atoms with E-state index in [1.807, 2.05) is 65.5 Å². The molecule has 0 radical (unpaired) electrons. The van der Waals surface area contributed by atoms with Crippen LogP contribution in [0.4, 0.5) is 0 Å². The van der Waals surface area contributed by atoms with E-state index in [-0.39, 0.29) is 5.97 Å². The lowest BCUT2D eigenvalue weighted by Crippen LogP contribution is -2.05. The van der Waals surface area contributed by atoms with Crippen LogP contribution in [-0.2, 0) is 11.3 Å². The highest BCUT2D eigenvalue weighted by Gasteiger charge is 2.18. The zero-order valence-electron chi connectivity index (χ0n) is 17.3. The van der Waals surface area contributed by atoms with E-state index in [2.05, 4.69) is 30.3 Å². The first kappa shape index (κ1) is 20.2. The second kappa shape index (κ2) is 9.15. The number of nitrogens with zero attached hydrogens (tertiary/aromatic N) is 2. The molecule has 1 aromatic heterocycles. The van der Waals surface area contributed by atoms with Gasteiger partial charge in [0.1, 0.15) is 0 Å². The number of hydrogen-bond acceptors (Lipinski definition) is 3. The third-order valence-corrected chi connectivity index (χ3v) is 5.08. The highest BCUT2D eigenvalue weighted by Crippen LogP contribution is 2.30. The molecule has 0 saturated heterocycles. The van der Waals surface area contributed by atoms with Crippen LogP contribution in [0.2, 0.25) is 0 Å². The SMILES string of the molecule is CCOC(=O)c1cn(Cc2cccc(C#N)c2)cc1-c1cccc(-c2ccccc2)c1. The molecular weight excluding hydrogens is 384 g/mol. The Kier molecular flexibility index (Phi) is 5.96. The number of carbonyl (C=O) groups is 1. The Balaban J connectivity index is 1.74. The number of rotatable bonds is 6. The topological polar surface area (TPSA) is 55.0 Å². The van der Waals surface area contributed by atoms with E-state index >= 15 is 0 Å².